The van der Waals surface area contributed by atoms with Crippen LogP contribution in [0, 0.1) is 0 Å². The van der Waals surface area contributed by atoms with Crippen molar-refractivity contribution in [1.82, 2.24) is 24.5 Å². The van der Waals surface area contributed by atoms with Crippen LogP contribution in [0.5, 0.6) is 0 Å². The molecule has 0 N–H and O–H groups in total. The van der Waals surface area contributed by atoms with Crippen LogP contribution >= 0.6 is 0 Å². The first-order valence-electron chi connectivity index (χ1n) is 15.9. The minimum Gasteiger partial charge on any atom is -0.454 e. The summed E-state index contributed by atoms with van der Waals surface area (Å²) in [7, 11) is 0. The second-order valence-corrected chi connectivity index (χ2v) is 11.9. The molecule has 0 fully saturated rings. The summed E-state index contributed by atoms with van der Waals surface area (Å²) in [5.41, 5.74) is 7.65. The molecule has 10 aromatic rings. The zero-order valence-electron chi connectivity index (χ0n) is 25.6. The molecule has 6 nitrogen and oxygen atoms in total. The van der Waals surface area contributed by atoms with Crippen LogP contribution in [0.15, 0.2) is 156 Å². The SMILES string of the molecule is c1ccc2c(-c3ccc(-c4nc(-c5ccc6c(c5)oc5cnccc56)nc(-n5c6ccccc6c6ccccc65)n4)cc3)cccc2c1. The topological polar surface area (TPSA) is 69.6 Å². The second kappa shape index (κ2) is 10.4. The Morgan fingerprint density at radius 3 is 1.88 bits per heavy atom. The Labute approximate surface area is 274 Å². The van der Waals surface area contributed by atoms with Gasteiger partial charge in [-0.15, -0.1) is 0 Å². The molecule has 0 aliphatic rings. The van der Waals surface area contributed by atoms with Crippen LogP contribution in [-0.4, -0.2) is 24.5 Å². The van der Waals surface area contributed by atoms with Crippen molar-refractivity contribution in [3.8, 4) is 39.9 Å². The normalized spacial score (nSPS) is 11.8. The highest BCUT2D eigenvalue weighted by Crippen LogP contribution is 2.35. The van der Waals surface area contributed by atoms with Gasteiger partial charge in [0.2, 0.25) is 5.95 Å². The fraction of sp³-hybridized carbons (Fsp3) is 0. The summed E-state index contributed by atoms with van der Waals surface area (Å²) < 4.78 is 8.33. The lowest BCUT2D eigenvalue weighted by atomic mass is 9.97. The smallest absolute Gasteiger partial charge is 0.238 e. The highest BCUT2D eigenvalue weighted by Gasteiger charge is 2.18. The predicted octanol–water partition coefficient (Wildman–Crippen LogP) is 10.4. The molecule has 0 bridgehead atoms. The summed E-state index contributed by atoms with van der Waals surface area (Å²) in [6.45, 7) is 0. The van der Waals surface area contributed by atoms with Gasteiger partial charge >= 0.3 is 0 Å². The van der Waals surface area contributed by atoms with Crippen LogP contribution in [0.3, 0.4) is 0 Å². The van der Waals surface area contributed by atoms with Gasteiger partial charge in [-0.05, 0) is 52.2 Å². The van der Waals surface area contributed by atoms with Crippen molar-refractivity contribution in [2.75, 3.05) is 0 Å². The Morgan fingerprint density at radius 2 is 1.08 bits per heavy atom. The van der Waals surface area contributed by atoms with Crippen molar-refractivity contribution in [3.05, 3.63) is 152 Å². The summed E-state index contributed by atoms with van der Waals surface area (Å²) >= 11 is 0. The third-order valence-electron chi connectivity index (χ3n) is 9.18. The van der Waals surface area contributed by atoms with Crippen LogP contribution in [-0.2, 0) is 0 Å². The average Bonchev–Trinajstić information content (AvgIpc) is 3.70. The Balaban J connectivity index is 1.18. The van der Waals surface area contributed by atoms with Crippen molar-refractivity contribution >= 4 is 54.5 Å². The second-order valence-electron chi connectivity index (χ2n) is 11.9. The number of nitrogens with zero attached hydrogens (tertiary/aromatic N) is 5. The van der Waals surface area contributed by atoms with Crippen molar-refractivity contribution in [2.24, 2.45) is 0 Å². The molecule has 4 aromatic heterocycles. The largest absolute Gasteiger partial charge is 0.454 e. The van der Waals surface area contributed by atoms with Gasteiger partial charge in [0.1, 0.15) is 5.58 Å². The maximum absolute atomic E-state index is 6.19. The molecular weight excluding hydrogens is 590 g/mol. The summed E-state index contributed by atoms with van der Waals surface area (Å²) in [5.74, 6) is 1.71. The van der Waals surface area contributed by atoms with E-state index in [0.717, 1.165) is 60.4 Å². The molecule has 0 spiro atoms. The van der Waals surface area contributed by atoms with Crippen molar-refractivity contribution in [3.63, 3.8) is 0 Å². The Hall–Kier alpha value is -6.66. The van der Waals surface area contributed by atoms with Gasteiger partial charge in [-0.3, -0.25) is 9.55 Å². The van der Waals surface area contributed by atoms with Crippen LogP contribution < -0.4 is 0 Å². The van der Waals surface area contributed by atoms with Crippen LogP contribution in [0.4, 0.5) is 0 Å². The van der Waals surface area contributed by atoms with Gasteiger partial charge in [-0.25, -0.2) is 4.98 Å². The molecule has 0 aliphatic heterocycles. The maximum Gasteiger partial charge on any atom is 0.238 e. The quantitative estimate of drug-likeness (QED) is 0.197. The zero-order valence-corrected chi connectivity index (χ0v) is 25.6. The first-order chi connectivity index (χ1) is 23.8. The first-order valence-corrected chi connectivity index (χ1v) is 15.9. The maximum atomic E-state index is 6.19. The number of aromatic nitrogens is 5. The fourth-order valence-corrected chi connectivity index (χ4v) is 6.91. The molecule has 0 unspecified atom stereocenters. The van der Waals surface area contributed by atoms with E-state index in [1.54, 1.807) is 12.4 Å². The van der Waals surface area contributed by atoms with E-state index in [-0.39, 0.29) is 0 Å². The van der Waals surface area contributed by atoms with E-state index < -0.39 is 0 Å². The number of pyridine rings is 1. The standard InChI is InChI=1S/C42H25N5O/c1-2-10-30-26(8-1)9-7-13-31(30)27-16-18-28(19-17-27)40-44-41(29-20-21-34-35-22-23-43-25-39(35)48-38(34)24-29)46-42(45-40)47-36-14-5-3-11-32(36)33-12-4-6-15-37(33)47/h1-25H. The van der Waals surface area contributed by atoms with Gasteiger partial charge in [-0.2, -0.15) is 9.97 Å². The number of hydrogen-bond donors (Lipinski definition) is 0. The minimum absolute atomic E-state index is 0.555. The minimum atomic E-state index is 0.555. The van der Waals surface area contributed by atoms with Crippen LogP contribution in [0.2, 0.25) is 0 Å². The fourth-order valence-electron chi connectivity index (χ4n) is 6.91. The summed E-state index contributed by atoms with van der Waals surface area (Å²) in [5, 5.41) is 6.79. The van der Waals surface area contributed by atoms with E-state index in [0.29, 0.717) is 17.6 Å². The van der Waals surface area contributed by atoms with E-state index in [4.69, 9.17) is 19.4 Å². The van der Waals surface area contributed by atoms with Crippen molar-refractivity contribution < 1.29 is 4.42 Å². The predicted molar refractivity (Wildman–Crippen MR) is 193 cm³/mol. The molecule has 0 atom stereocenters. The van der Waals surface area contributed by atoms with E-state index in [1.165, 1.54) is 16.3 Å². The molecule has 4 heterocycles. The number of benzene rings is 6. The number of furan rings is 1. The van der Waals surface area contributed by atoms with E-state index >= 15 is 0 Å². The van der Waals surface area contributed by atoms with Crippen molar-refractivity contribution in [2.45, 2.75) is 0 Å². The van der Waals surface area contributed by atoms with Gasteiger partial charge in [0.15, 0.2) is 17.2 Å². The lowest BCUT2D eigenvalue weighted by Crippen LogP contribution is -2.06. The van der Waals surface area contributed by atoms with Gasteiger partial charge in [-0.1, -0.05) is 109 Å². The number of para-hydroxylation sites is 2. The van der Waals surface area contributed by atoms with Crippen LogP contribution in [0.1, 0.15) is 0 Å². The van der Waals surface area contributed by atoms with E-state index in [9.17, 15) is 0 Å². The van der Waals surface area contributed by atoms with Gasteiger partial charge in [0, 0.05) is 38.9 Å². The highest BCUT2D eigenvalue weighted by atomic mass is 16.3. The molecule has 10 rings (SSSR count). The van der Waals surface area contributed by atoms with Gasteiger partial charge in [0.25, 0.3) is 0 Å². The molecule has 48 heavy (non-hydrogen) atoms. The molecule has 0 amide bonds. The summed E-state index contributed by atoms with van der Waals surface area (Å²) in [4.78, 5) is 19.6. The Kier molecular flexibility index (Phi) is 5.77. The Bertz CT molecular complexity index is 2790. The molecule has 0 saturated carbocycles. The summed E-state index contributed by atoms with van der Waals surface area (Å²) in [6.07, 6.45) is 3.53. The first kappa shape index (κ1) is 26.5. The number of rotatable bonds is 4. The average molecular weight is 616 g/mol. The van der Waals surface area contributed by atoms with Gasteiger partial charge < -0.3 is 4.42 Å². The summed E-state index contributed by atoms with van der Waals surface area (Å²) in [6, 6.07) is 48.3. The zero-order chi connectivity index (χ0) is 31.6. The molecule has 6 heteroatoms. The number of fused-ring (bicyclic) bond motifs is 7. The highest BCUT2D eigenvalue weighted by molar-refractivity contribution is 6.09. The third kappa shape index (κ3) is 4.13. The molecule has 0 saturated heterocycles. The van der Waals surface area contributed by atoms with Crippen LogP contribution in [0.25, 0.3) is 94.4 Å². The third-order valence-corrected chi connectivity index (χ3v) is 9.18. The molecular formula is C42H25N5O. The monoisotopic (exact) mass is 615 g/mol. The molecule has 224 valence electrons. The van der Waals surface area contributed by atoms with Gasteiger partial charge in [0.05, 0.1) is 17.2 Å². The number of hydrogen-bond acceptors (Lipinski definition) is 5. The molecule has 6 aromatic carbocycles. The Morgan fingerprint density at radius 1 is 0.458 bits per heavy atom. The molecule has 0 radical (unpaired) electrons. The van der Waals surface area contributed by atoms with E-state index in [1.807, 2.05) is 12.1 Å². The van der Waals surface area contributed by atoms with Crippen molar-refractivity contribution in [1.29, 1.82) is 0 Å². The lowest BCUT2D eigenvalue weighted by molar-refractivity contribution is 0.667. The van der Waals surface area contributed by atoms with E-state index in [2.05, 4.69) is 137 Å². The molecule has 0 aliphatic carbocycles. The lowest BCUT2D eigenvalue weighted by Gasteiger charge is -2.12.